The van der Waals surface area contributed by atoms with Gasteiger partial charge < -0.3 is 10.1 Å². The summed E-state index contributed by atoms with van der Waals surface area (Å²) in [5, 5.41) is 3.84. The third kappa shape index (κ3) is 4.71. The third-order valence-electron chi connectivity index (χ3n) is 5.18. The number of ether oxygens (including phenoxy) is 1. The van der Waals surface area contributed by atoms with Crippen molar-refractivity contribution in [2.24, 2.45) is 5.92 Å². The SMILES string of the molecule is CCCC(COC)N1CCCNC(C2CCCCC2)C1. The van der Waals surface area contributed by atoms with E-state index in [0.717, 1.165) is 12.5 Å². The molecule has 3 nitrogen and oxygen atoms in total. The second kappa shape index (κ2) is 9.01. The van der Waals surface area contributed by atoms with Gasteiger partial charge in [0, 0.05) is 25.7 Å². The van der Waals surface area contributed by atoms with E-state index in [1.165, 1.54) is 71.0 Å². The first-order chi connectivity index (χ1) is 9.85. The zero-order chi connectivity index (χ0) is 14.2. The fraction of sp³-hybridized carbons (Fsp3) is 1.00. The van der Waals surface area contributed by atoms with Crippen molar-refractivity contribution in [3.05, 3.63) is 0 Å². The molecular weight excluding hydrogens is 248 g/mol. The van der Waals surface area contributed by atoms with Crippen LogP contribution in [-0.4, -0.2) is 50.3 Å². The van der Waals surface area contributed by atoms with Gasteiger partial charge in [-0.1, -0.05) is 32.6 Å². The highest BCUT2D eigenvalue weighted by Gasteiger charge is 2.29. The van der Waals surface area contributed by atoms with Gasteiger partial charge in [0.15, 0.2) is 0 Å². The topological polar surface area (TPSA) is 24.5 Å². The highest BCUT2D eigenvalue weighted by Crippen LogP contribution is 2.28. The van der Waals surface area contributed by atoms with Gasteiger partial charge in [0.25, 0.3) is 0 Å². The van der Waals surface area contributed by atoms with Crippen LogP contribution in [0.15, 0.2) is 0 Å². The first kappa shape index (κ1) is 16.3. The summed E-state index contributed by atoms with van der Waals surface area (Å²) in [5.41, 5.74) is 0. The Morgan fingerprint density at radius 1 is 1.20 bits per heavy atom. The molecule has 2 aliphatic rings. The summed E-state index contributed by atoms with van der Waals surface area (Å²) in [6, 6.07) is 1.34. The van der Waals surface area contributed by atoms with Crippen molar-refractivity contribution in [3.8, 4) is 0 Å². The summed E-state index contributed by atoms with van der Waals surface area (Å²) in [6.45, 7) is 6.86. The lowest BCUT2D eigenvalue weighted by atomic mass is 9.83. The predicted molar refractivity (Wildman–Crippen MR) is 85.1 cm³/mol. The molecule has 2 atom stereocenters. The maximum Gasteiger partial charge on any atom is 0.0618 e. The molecule has 1 N–H and O–H groups in total. The lowest BCUT2D eigenvalue weighted by molar-refractivity contribution is 0.0762. The fourth-order valence-electron chi connectivity index (χ4n) is 4.06. The second-order valence-corrected chi connectivity index (χ2v) is 6.71. The molecule has 2 unspecified atom stereocenters. The highest BCUT2D eigenvalue weighted by molar-refractivity contribution is 4.86. The summed E-state index contributed by atoms with van der Waals surface area (Å²) in [7, 11) is 1.84. The van der Waals surface area contributed by atoms with Crippen molar-refractivity contribution in [1.29, 1.82) is 0 Å². The average molecular weight is 282 g/mol. The van der Waals surface area contributed by atoms with E-state index in [0.29, 0.717) is 12.1 Å². The van der Waals surface area contributed by atoms with Gasteiger partial charge in [-0.25, -0.2) is 0 Å². The normalized spacial score (nSPS) is 28.2. The van der Waals surface area contributed by atoms with Gasteiger partial charge in [-0.15, -0.1) is 0 Å². The van der Waals surface area contributed by atoms with Crippen LogP contribution >= 0.6 is 0 Å². The van der Waals surface area contributed by atoms with Crippen LogP contribution in [0.5, 0.6) is 0 Å². The van der Waals surface area contributed by atoms with E-state index >= 15 is 0 Å². The molecule has 0 spiro atoms. The largest absolute Gasteiger partial charge is 0.383 e. The summed E-state index contributed by atoms with van der Waals surface area (Å²) in [4.78, 5) is 2.71. The number of hydrogen-bond acceptors (Lipinski definition) is 3. The fourth-order valence-corrected chi connectivity index (χ4v) is 4.06. The molecule has 1 heterocycles. The van der Waals surface area contributed by atoms with Crippen molar-refractivity contribution in [3.63, 3.8) is 0 Å². The first-order valence-corrected chi connectivity index (χ1v) is 8.81. The number of nitrogens with one attached hydrogen (secondary N) is 1. The standard InChI is InChI=1S/C17H34N2O/c1-3-8-16(14-20-2)19-12-7-11-18-17(13-19)15-9-5-4-6-10-15/h15-18H,3-14H2,1-2H3. The van der Waals surface area contributed by atoms with Crippen molar-refractivity contribution >= 4 is 0 Å². The zero-order valence-electron chi connectivity index (χ0n) is 13.6. The molecule has 0 bridgehead atoms. The molecule has 3 heteroatoms. The lowest BCUT2D eigenvalue weighted by Gasteiger charge is -2.36. The van der Waals surface area contributed by atoms with Gasteiger partial charge in [0.05, 0.1) is 6.61 Å². The smallest absolute Gasteiger partial charge is 0.0618 e. The van der Waals surface area contributed by atoms with Gasteiger partial charge in [-0.2, -0.15) is 0 Å². The molecule has 0 aromatic heterocycles. The van der Waals surface area contributed by atoms with Crippen molar-refractivity contribution in [2.45, 2.75) is 70.4 Å². The summed E-state index contributed by atoms with van der Waals surface area (Å²) in [6.07, 6.45) is 11.0. The van der Waals surface area contributed by atoms with Crippen LogP contribution in [0, 0.1) is 5.92 Å². The molecule has 0 amide bonds. The molecule has 2 rings (SSSR count). The summed E-state index contributed by atoms with van der Waals surface area (Å²) >= 11 is 0. The summed E-state index contributed by atoms with van der Waals surface area (Å²) < 4.78 is 5.47. The molecule has 0 aromatic rings. The molecule has 0 aromatic carbocycles. The van der Waals surface area contributed by atoms with Gasteiger partial charge in [0.1, 0.15) is 0 Å². The Balaban J connectivity index is 1.93. The van der Waals surface area contributed by atoms with E-state index in [1.54, 1.807) is 0 Å². The minimum absolute atomic E-state index is 0.621. The lowest BCUT2D eigenvalue weighted by Crippen LogP contribution is -2.47. The quantitative estimate of drug-likeness (QED) is 0.810. The predicted octanol–water partition coefficient (Wildman–Crippen LogP) is 3.05. The van der Waals surface area contributed by atoms with Crippen molar-refractivity contribution in [2.75, 3.05) is 33.4 Å². The second-order valence-electron chi connectivity index (χ2n) is 6.71. The Morgan fingerprint density at radius 3 is 2.70 bits per heavy atom. The molecule has 118 valence electrons. The number of rotatable bonds is 6. The van der Waals surface area contributed by atoms with E-state index < -0.39 is 0 Å². The average Bonchev–Trinajstić information content (AvgIpc) is 2.74. The van der Waals surface area contributed by atoms with Crippen LogP contribution in [0.3, 0.4) is 0 Å². The van der Waals surface area contributed by atoms with Gasteiger partial charge in [0.2, 0.25) is 0 Å². The molecule has 0 radical (unpaired) electrons. The number of methoxy groups -OCH3 is 1. The van der Waals surface area contributed by atoms with E-state index in [4.69, 9.17) is 4.74 Å². The highest BCUT2D eigenvalue weighted by atomic mass is 16.5. The monoisotopic (exact) mass is 282 g/mol. The Bertz CT molecular complexity index is 247. The molecule has 1 aliphatic heterocycles. The van der Waals surface area contributed by atoms with Crippen LogP contribution in [0.2, 0.25) is 0 Å². The maximum atomic E-state index is 5.47. The summed E-state index contributed by atoms with van der Waals surface area (Å²) in [5.74, 6) is 0.911. The Hall–Kier alpha value is -0.120. The minimum Gasteiger partial charge on any atom is -0.383 e. The Morgan fingerprint density at radius 2 is 2.00 bits per heavy atom. The van der Waals surface area contributed by atoms with Crippen LogP contribution in [0.4, 0.5) is 0 Å². The molecule has 1 aliphatic carbocycles. The number of hydrogen-bond donors (Lipinski definition) is 1. The Labute approximate surface area is 125 Å². The van der Waals surface area contributed by atoms with Crippen LogP contribution < -0.4 is 5.32 Å². The molecule has 1 saturated heterocycles. The first-order valence-electron chi connectivity index (χ1n) is 8.81. The van der Waals surface area contributed by atoms with Gasteiger partial charge in [-0.3, -0.25) is 4.90 Å². The van der Waals surface area contributed by atoms with Crippen molar-refractivity contribution in [1.82, 2.24) is 10.2 Å². The van der Waals surface area contributed by atoms with E-state index in [-0.39, 0.29) is 0 Å². The van der Waals surface area contributed by atoms with Gasteiger partial charge in [-0.05, 0) is 44.7 Å². The third-order valence-corrected chi connectivity index (χ3v) is 5.18. The van der Waals surface area contributed by atoms with Crippen molar-refractivity contribution < 1.29 is 4.74 Å². The van der Waals surface area contributed by atoms with Crippen LogP contribution in [0.25, 0.3) is 0 Å². The maximum absolute atomic E-state index is 5.47. The van der Waals surface area contributed by atoms with E-state index in [1.807, 2.05) is 7.11 Å². The Kier molecular flexibility index (Phi) is 7.32. The molecule has 1 saturated carbocycles. The number of nitrogens with zero attached hydrogens (tertiary/aromatic N) is 1. The molecular formula is C17H34N2O. The van der Waals surface area contributed by atoms with Crippen LogP contribution in [0.1, 0.15) is 58.3 Å². The molecule has 2 fully saturated rings. The van der Waals surface area contributed by atoms with Crippen LogP contribution in [-0.2, 0) is 4.74 Å². The van der Waals surface area contributed by atoms with Gasteiger partial charge >= 0.3 is 0 Å². The minimum atomic E-state index is 0.621. The zero-order valence-corrected chi connectivity index (χ0v) is 13.6. The molecule has 20 heavy (non-hydrogen) atoms. The van der Waals surface area contributed by atoms with E-state index in [2.05, 4.69) is 17.1 Å². The van der Waals surface area contributed by atoms with E-state index in [9.17, 15) is 0 Å².